The van der Waals surface area contributed by atoms with Gasteiger partial charge in [0, 0.05) is 0 Å². The number of hydrogen-bond donors (Lipinski definition) is 2. The number of rotatable bonds is 6. The third-order valence-electron chi connectivity index (χ3n) is 4.63. The number of carbonyl (C=O) groups excluding carboxylic acids is 1. The van der Waals surface area contributed by atoms with Crippen molar-refractivity contribution in [3.8, 4) is 5.75 Å². The maximum absolute atomic E-state index is 11.4. The van der Waals surface area contributed by atoms with Crippen molar-refractivity contribution in [2.45, 2.75) is 13.1 Å². The van der Waals surface area contributed by atoms with Crippen molar-refractivity contribution >= 4 is 33.7 Å². The predicted octanol–water partition coefficient (Wildman–Crippen LogP) is 2.23. The second kappa shape index (κ2) is 6.99. The molecule has 0 unspecified atom stereocenters. The number of hydrogen-bond acceptors (Lipinski definition) is 3. The molecule has 1 aromatic heterocycles. The van der Waals surface area contributed by atoms with Gasteiger partial charge in [-0.3, -0.25) is 10.5 Å². The van der Waals surface area contributed by atoms with Gasteiger partial charge >= 0.3 is 5.95 Å². The fraction of sp³-hybridized carbons (Fsp3) is 0.143. The van der Waals surface area contributed by atoms with Crippen molar-refractivity contribution in [2.24, 2.45) is 5.73 Å². The molecule has 6 heteroatoms. The zero-order valence-corrected chi connectivity index (χ0v) is 14.8. The number of benzene rings is 3. The van der Waals surface area contributed by atoms with Gasteiger partial charge in [0.05, 0.1) is 0 Å². The van der Waals surface area contributed by atoms with Gasteiger partial charge in [-0.05, 0) is 35.0 Å². The zero-order chi connectivity index (χ0) is 18.8. The van der Waals surface area contributed by atoms with Crippen molar-refractivity contribution in [1.82, 2.24) is 4.57 Å². The number of para-hydroxylation sites is 2. The van der Waals surface area contributed by atoms with Crippen LogP contribution >= 0.6 is 0 Å². The zero-order valence-electron chi connectivity index (χ0n) is 14.8. The molecule has 0 aliphatic rings. The molecule has 0 spiro atoms. The van der Waals surface area contributed by atoms with Crippen LogP contribution in [-0.4, -0.2) is 17.1 Å². The molecule has 0 aliphatic carbocycles. The highest BCUT2D eigenvalue weighted by atomic mass is 16.5. The molecule has 27 heavy (non-hydrogen) atoms. The lowest BCUT2D eigenvalue weighted by atomic mass is 10.1. The number of primary amides is 1. The normalized spacial score (nSPS) is 11.1. The molecule has 4 rings (SSSR count). The summed E-state index contributed by atoms with van der Waals surface area (Å²) in [6.45, 7) is 1.06. The molecule has 0 bridgehead atoms. The van der Waals surface area contributed by atoms with E-state index >= 15 is 0 Å². The van der Waals surface area contributed by atoms with Crippen molar-refractivity contribution in [3.63, 3.8) is 0 Å². The second-order valence-corrected chi connectivity index (χ2v) is 6.41. The summed E-state index contributed by atoms with van der Waals surface area (Å²) in [5, 5.41) is 2.32. The summed E-state index contributed by atoms with van der Waals surface area (Å²) >= 11 is 0. The first kappa shape index (κ1) is 16.9. The van der Waals surface area contributed by atoms with Gasteiger partial charge in [0.15, 0.2) is 6.54 Å². The van der Waals surface area contributed by atoms with Crippen LogP contribution in [0.2, 0.25) is 0 Å². The van der Waals surface area contributed by atoms with E-state index in [-0.39, 0.29) is 6.54 Å². The molecule has 0 fully saturated rings. The number of imidazole rings is 1. The van der Waals surface area contributed by atoms with Crippen LogP contribution in [-0.2, 0) is 17.9 Å². The summed E-state index contributed by atoms with van der Waals surface area (Å²) in [6.07, 6.45) is 0. The van der Waals surface area contributed by atoms with Crippen LogP contribution in [0, 0.1) is 0 Å². The van der Waals surface area contributed by atoms with Crippen molar-refractivity contribution in [2.75, 3.05) is 12.3 Å². The average Bonchev–Trinajstić information content (AvgIpc) is 2.93. The van der Waals surface area contributed by atoms with E-state index in [9.17, 15) is 4.79 Å². The van der Waals surface area contributed by atoms with Crippen molar-refractivity contribution < 1.29 is 14.1 Å². The van der Waals surface area contributed by atoms with Gasteiger partial charge in [-0.2, -0.15) is 0 Å². The van der Waals surface area contributed by atoms with Crippen LogP contribution in [0.4, 0.5) is 5.95 Å². The van der Waals surface area contributed by atoms with Crippen LogP contribution in [0.1, 0.15) is 0 Å². The molecule has 0 aliphatic heterocycles. The molecule has 1 heterocycles. The minimum atomic E-state index is -0.429. The minimum absolute atomic E-state index is 0.0465. The number of nitrogens with zero attached hydrogens (tertiary/aromatic N) is 2. The highest BCUT2D eigenvalue weighted by Crippen LogP contribution is 2.21. The molecule has 0 saturated heterocycles. The Morgan fingerprint density at radius 1 is 1.00 bits per heavy atom. The Morgan fingerprint density at radius 2 is 1.74 bits per heavy atom. The summed E-state index contributed by atoms with van der Waals surface area (Å²) < 4.78 is 9.61. The molecule has 6 nitrogen and oxygen atoms in total. The van der Waals surface area contributed by atoms with Crippen molar-refractivity contribution in [3.05, 3.63) is 66.7 Å². The Kier molecular flexibility index (Phi) is 4.38. The van der Waals surface area contributed by atoms with Gasteiger partial charge in [0.25, 0.3) is 5.91 Å². The molecular formula is C21H21N4O2+. The van der Waals surface area contributed by atoms with Gasteiger partial charge < -0.3 is 10.5 Å². The van der Waals surface area contributed by atoms with Crippen LogP contribution < -0.4 is 20.8 Å². The Hall–Kier alpha value is -3.54. The van der Waals surface area contributed by atoms with Gasteiger partial charge in [0.2, 0.25) is 0 Å². The molecule has 3 aromatic carbocycles. The third-order valence-corrected chi connectivity index (χ3v) is 4.63. The lowest BCUT2D eigenvalue weighted by Crippen LogP contribution is -2.42. The number of ether oxygens (including phenoxy) is 1. The molecule has 0 atom stereocenters. The van der Waals surface area contributed by atoms with E-state index in [0.717, 1.165) is 22.2 Å². The molecule has 0 radical (unpaired) electrons. The Morgan fingerprint density at radius 3 is 2.56 bits per heavy atom. The van der Waals surface area contributed by atoms with Crippen LogP contribution in [0.25, 0.3) is 21.8 Å². The van der Waals surface area contributed by atoms with Crippen LogP contribution in [0.3, 0.4) is 0 Å². The average molecular weight is 361 g/mol. The first-order chi connectivity index (χ1) is 13.1. The van der Waals surface area contributed by atoms with Gasteiger partial charge in [-0.25, -0.2) is 9.13 Å². The molecule has 1 amide bonds. The predicted molar refractivity (Wildman–Crippen MR) is 105 cm³/mol. The number of nitrogens with two attached hydrogens (primary N) is 2. The standard InChI is InChI=1S/C21H20N4O2/c22-20(26)14-25-19-8-4-3-7-18(19)24(21(25)23)11-12-27-17-10-9-15-5-1-2-6-16(15)13-17/h1-10,13,23H,11-12,14H2,(H2,22,26)/p+1. The highest BCUT2D eigenvalue weighted by molar-refractivity contribution is 5.83. The Labute approximate surface area is 156 Å². The summed E-state index contributed by atoms with van der Waals surface area (Å²) in [4.78, 5) is 11.4. The van der Waals surface area contributed by atoms with E-state index in [1.165, 1.54) is 5.39 Å². The van der Waals surface area contributed by atoms with Crippen LogP contribution in [0.15, 0.2) is 66.7 Å². The van der Waals surface area contributed by atoms with E-state index in [1.807, 2.05) is 59.2 Å². The summed E-state index contributed by atoms with van der Waals surface area (Å²) in [7, 11) is 0. The number of anilines is 1. The quantitative estimate of drug-likeness (QED) is 0.516. The van der Waals surface area contributed by atoms with E-state index in [1.54, 1.807) is 4.57 Å². The van der Waals surface area contributed by atoms with E-state index in [2.05, 4.69) is 12.1 Å². The molecule has 136 valence electrons. The maximum atomic E-state index is 11.4. The lowest BCUT2D eigenvalue weighted by molar-refractivity contribution is -0.644. The fourth-order valence-corrected chi connectivity index (χ4v) is 3.38. The smallest absolute Gasteiger partial charge is 0.356 e. The Balaban J connectivity index is 1.56. The van der Waals surface area contributed by atoms with Gasteiger partial charge in [-0.15, -0.1) is 0 Å². The van der Waals surface area contributed by atoms with E-state index in [4.69, 9.17) is 16.2 Å². The largest absolute Gasteiger partial charge is 0.490 e. The van der Waals surface area contributed by atoms with Crippen molar-refractivity contribution in [1.29, 1.82) is 0 Å². The third kappa shape index (κ3) is 3.29. The summed E-state index contributed by atoms with van der Waals surface area (Å²) in [5.74, 6) is 0.868. The Bertz CT molecular complexity index is 1130. The first-order valence-corrected chi connectivity index (χ1v) is 8.80. The molecular weight excluding hydrogens is 340 g/mol. The lowest BCUT2D eigenvalue weighted by Gasteiger charge is -2.07. The SMILES string of the molecule is NC(=O)C[n+]1c(N)n(CCOc2ccc3ccccc3c2)c2ccccc21. The monoisotopic (exact) mass is 361 g/mol. The molecule has 4 N–H and O–H groups in total. The number of carbonyl (C=O) groups is 1. The summed E-state index contributed by atoms with van der Waals surface area (Å²) in [5.41, 5.74) is 13.5. The molecule has 0 saturated carbocycles. The van der Waals surface area contributed by atoms with Crippen LogP contribution in [0.5, 0.6) is 5.75 Å². The summed E-state index contributed by atoms with van der Waals surface area (Å²) in [6, 6.07) is 22.0. The van der Waals surface area contributed by atoms with E-state index in [0.29, 0.717) is 19.1 Å². The fourth-order valence-electron chi connectivity index (χ4n) is 3.38. The number of nitrogen functional groups attached to an aromatic ring is 1. The highest BCUT2D eigenvalue weighted by Gasteiger charge is 2.21. The first-order valence-electron chi connectivity index (χ1n) is 8.80. The molecule has 4 aromatic rings. The number of fused-ring (bicyclic) bond motifs is 2. The topological polar surface area (TPSA) is 87.2 Å². The minimum Gasteiger partial charge on any atom is -0.490 e. The van der Waals surface area contributed by atoms with Gasteiger partial charge in [-0.1, -0.05) is 42.5 Å². The number of amides is 1. The maximum Gasteiger partial charge on any atom is 0.356 e. The van der Waals surface area contributed by atoms with E-state index < -0.39 is 5.91 Å². The van der Waals surface area contributed by atoms with Gasteiger partial charge in [0.1, 0.15) is 29.9 Å². The number of aromatic nitrogens is 2. The second-order valence-electron chi connectivity index (χ2n) is 6.41.